The predicted octanol–water partition coefficient (Wildman–Crippen LogP) is 5.53. The zero-order chi connectivity index (χ0) is 24.2. The number of piperidine rings is 1. The molecule has 3 aromatic rings. The minimum atomic E-state index is -0.167. The molecule has 1 amide bonds. The highest BCUT2D eigenvalue weighted by Gasteiger charge is 2.30. The van der Waals surface area contributed by atoms with E-state index >= 15 is 0 Å². The molecule has 0 N–H and O–H groups in total. The molecule has 1 aliphatic heterocycles. The standard InChI is InChI=1S/C27H29ClN2O4/c1-4-34-27(32)20-12-14-29(15-13-20)26(31)24-17-25(19-8-10-21(28)11-9-19)30(18(24)2)22-6-5-7-23(16-22)33-3/h5-11,16-17,20H,4,12-15H2,1-3H3. The monoisotopic (exact) mass is 480 g/mol. The average molecular weight is 481 g/mol. The highest BCUT2D eigenvalue weighted by atomic mass is 35.5. The number of esters is 1. The highest BCUT2D eigenvalue weighted by Crippen LogP contribution is 2.33. The smallest absolute Gasteiger partial charge is 0.309 e. The van der Waals surface area contributed by atoms with Gasteiger partial charge in [0.2, 0.25) is 0 Å². The van der Waals surface area contributed by atoms with E-state index in [1.54, 1.807) is 7.11 Å². The number of carbonyl (C=O) groups is 2. The van der Waals surface area contributed by atoms with Gasteiger partial charge >= 0.3 is 5.97 Å². The minimum Gasteiger partial charge on any atom is -0.497 e. The third-order valence-electron chi connectivity index (χ3n) is 6.33. The third-order valence-corrected chi connectivity index (χ3v) is 6.58. The molecule has 6 nitrogen and oxygen atoms in total. The van der Waals surface area contributed by atoms with Crippen molar-refractivity contribution in [1.82, 2.24) is 9.47 Å². The van der Waals surface area contributed by atoms with Crippen molar-refractivity contribution in [2.75, 3.05) is 26.8 Å². The van der Waals surface area contributed by atoms with Crippen LogP contribution >= 0.6 is 11.6 Å². The number of likely N-dealkylation sites (tertiary alicyclic amines) is 1. The lowest BCUT2D eigenvalue weighted by atomic mass is 9.96. The summed E-state index contributed by atoms with van der Waals surface area (Å²) in [6.07, 6.45) is 1.23. The fourth-order valence-electron chi connectivity index (χ4n) is 4.49. The van der Waals surface area contributed by atoms with Gasteiger partial charge in [0.25, 0.3) is 5.91 Å². The maximum atomic E-state index is 13.6. The van der Waals surface area contributed by atoms with Crippen LogP contribution in [0.5, 0.6) is 5.75 Å². The first-order chi connectivity index (χ1) is 16.4. The first-order valence-corrected chi connectivity index (χ1v) is 11.9. The van der Waals surface area contributed by atoms with Gasteiger partial charge in [0.05, 0.1) is 30.9 Å². The summed E-state index contributed by atoms with van der Waals surface area (Å²) < 4.78 is 12.7. The number of hydrogen-bond acceptors (Lipinski definition) is 4. The quantitative estimate of drug-likeness (QED) is 0.435. The van der Waals surface area contributed by atoms with Crippen LogP contribution in [0.4, 0.5) is 0 Å². The lowest BCUT2D eigenvalue weighted by molar-refractivity contribution is -0.149. The van der Waals surface area contributed by atoms with Crippen LogP contribution in [0, 0.1) is 12.8 Å². The molecule has 0 saturated carbocycles. The predicted molar refractivity (Wildman–Crippen MR) is 133 cm³/mol. The summed E-state index contributed by atoms with van der Waals surface area (Å²) in [5.74, 6) is 0.398. The molecule has 7 heteroatoms. The summed E-state index contributed by atoms with van der Waals surface area (Å²) in [6.45, 7) is 5.20. The number of benzene rings is 2. The van der Waals surface area contributed by atoms with Gasteiger partial charge < -0.3 is 18.9 Å². The third kappa shape index (κ3) is 4.82. The van der Waals surface area contributed by atoms with Gasteiger partial charge in [-0.3, -0.25) is 9.59 Å². The fraction of sp³-hybridized carbons (Fsp3) is 0.333. The topological polar surface area (TPSA) is 60.8 Å². The molecule has 1 saturated heterocycles. The molecule has 0 radical (unpaired) electrons. The molecule has 2 aromatic carbocycles. The molecular formula is C27H29ClN2O4. The van der Waals surface area contributed by atoms with E-state index in [1.165, 1.54) is 0 Å². The average Bonchev–Trinajstić information content (AvgIpc) is 3.21. The van der Waals surface area contributed by atoms with Crippen molar-refractivity contribution in [2.24, 2.45) is 5.92 Å². The molecule has 1 aliphatic rings. The fourth-order valence-corrected chi connectivity index (χ4v) is 4.61. The van der Waals surface area contributed by atoms with E-state index in [0.29, 0.717) is 43.1 Å². The van der Waals surface area contributed by atoms with Crippen molar-refractivity contribution in [1.29, 1.82) is 0 Å². The van der Waals surface area contributed by atoms with Crippen molar-refractivity contribution in [3.05, 3.63) is 70.9 Å². The first kappa shape index (κ1) is 23.9. The van der Waals surface area contributed by atoms with Crippen LogP contribution in [0.2, 0.25) is 5.02 Å². The van der Waals surface area contributed by atoms with Crippen LogP contribution < -0.4 is 4.74 Å². The lowest BCUT2D eigenvalue weighted by Crippen LogP contribution is -2.40. The normalized spacial score (nSPS) is 14.2. The molecule has 0 aliphatic carbocycles. The second-order valence-corrected chi connectivity index (χ2v) is 8.83. The molecule has 34 heavy (non-hydrogen) atoms. The Balaban J connectivity index is 1.69. The van der Waals surface area contributed by atoms with Crippen LogP contribution in [-0.4, -0.2) is 48.1 Å². The van der Waals surface area contributed by atoms with Gasteiger partial charge in [0.15, 0.2) is 0 Å². The Bertz CT molecular complexity index is 1180. The Kier molecular flexibility index (Phi) is 7.27. The summed E-state index contributed by atoms with van der Waals surface area (Å²) in [5, 5.41) is 0.653. The number of ether oxygens (including phenoxy) is 2. The van der Waals surface area contributed by atoms with Crippen LogP contribution in [0.3, 0.4) is 0 Å². The molecule has 4 rings (SSSR count). The number of halogens is 1. The summed E-state index contributed by atoms with van der Waals surface area (Å²) in [6, 6.07) is 17.3. The largest absolute Gasteiger partial charge is 0.497 e. The number of rotatable bonds is 6. The highest BCUT2D eigenvalue weighted by molar-refractivity contribution is 6.30. The van der Waals surface area contributed by atoms with E-state index in [-0.39, 0.29) is 17.8 Å². The van der Waals surface area contributed by atoms with E-state index in [1.807, 2.05) is 73.3 Å². The maximum absolute atomic E-state index is 13.6. The van der Waals surface area contributed by atoms with Gasteiger partial charge in [-0.1, -0.05) is 29.8 Å². The minimum absolute atomic E-state index is 0.0309. The van der Waals surface area contributed by atoms with Gasteiger partial charge in [-0.25, -0.2) is 0 Å². The van der Waals surface area contributed by atoms with Crippen LogP contribution in [0.25, 0.3) is 16.9 Å². The second-order valence-electron chi connectivity index (χ2n) is 8.39. The number of aromatic nitrogens is 1. The molecule has 0 bridgehead atoms. The Morgan fingerprint density at radius 1 is 1.06 bits per heavy atom. The lowest BCUT2D eigenvalue weighted by Gasteiger charge is -2.31. The van der Waals surface area contributed by atoms with Crippen molar-refractivity contribution in [2.45, 2.75) is 26.7 Å². The zero-order valence-corrected chi connectivity index (χ0v) is 20.5. The Hall–Kier alpha value is -3.25. The summed E-state index contributed by atoms with van der Waals surface area (Å²) in [7, 11) is 1.64. The molecule has 0 atom stereocenters. The number of methoxy groups -OCH3 is 1. The van der Waals surface area contributed by atoms with Gasteiger partial charge in [0.1, 0.15) is 5.75 Å². The molecule has 0 spiro atoms. The number of nitrogens with zero attached hydrogens (tertiary/aromatic N) is 2. The van der Waals surface area contributed by atoms with Crippen molar-refractivity contribution >= 4 is 23.5 Å². The number of hydrogen-bond donors (Lipinski definition) is 0. The second kappa shape index (κ2) is 10.3. The van der Waals surface area contributed by atoms with E-state index in [0.717, 1.165) is 28.4 Å². The van der Waals surface area contributed by atoms with Crippen LogP contribution in [-0.2, 0) is 9.53 Å². The molecule has 0 unspecified atom stereocenters. The number of amides is 1. The van der Waals surface area contributed by atoms with E-state index in [2.05, 4.69) is 4.57 Å². The van der Waals surface area contributed by atoms with Gasteiger partial charge in [-0.15, -0.1) is 0 Å². The molecule has 178 valence electrons. The molecular weight excluding hydrogens is 452 g/mol. The van der Waals surface area contributed by atoms with Gasteiger partial charge in [-0.2, -0.15) is 0 Å². The van der Waals surface area contributed by atoms with Crippen molar-refractivity contribution < 1.29 is 19.1 Å². The van der Waals surface area contributed by atoms with Crippen molar-refractivity contribution in [3.8, 4) is 22.7 Å². The van der Waals surface area contributed by atoms with Gasteiger partial charge in [0, 0.05) is 35.6 Å². The molecule has 1 aromatic heterocycles. The van der Waals surface area contributed by atoms with E-state index < -0.39 is 0 Å². The number of carbonyl (C=O) groups excluding carboxylic acids is 2. The maximum Gasteiger partial charge on any atom is 0.309 e. The summed E-state index contributed by atoms with van der Waals surface area (Å²) >= 11 is 6.12. The van der Waals surface area contributed by atoms with Crippen molar-refractivity contribution in [3.63, 3.8) is 0 Å². The van der Waals surface area contributed by atoms with Crippen LogP contribution in [0.1, 0.15) is 35.8 Å². The molecule has 2 heterocycles. The Morgan fingerprint density at radius 2 is 1.76 bits per heavy atom. The summed E-state index contributed by atoms with van der Waals surface area (Å²) in [5.41, 5.74) is 4.24. The Labute approximate surface area is 205 Å². The zero-order valence-electron chi connectivity index (χ0n) is 19.7. The first-order valence-electron chi connectivity index (χ1n) is 11.5. The van der Waals surface area contributed by atoms with E-state index in [9.17, 15) is 9.59 Å². The SMILES string of the molecule is CCOC(=O)C1CCN(C(=O)c2cc(-c3ccc(Cl)cc3)n(-c3cccc(OC)c3)c2C)CC1. The Morgan fingerprint density at radius 3 is 2.41 bits per heavy atom. The summed E-state index contributed by atoms with van der Waals surface area (Å²) in [4.78, 5) is 27.5. The van der Waals surface area contributed by atoms with Gasteiger partial charge in [-0.05, 0) is 62.6 Å². The van der Waals surface area contributed by atoms with E-state index in [4.69, 9.17) is 21.1 Å². The van der Waals surface area contributed by atoms with Crippen LogP contribution in [0.15, 0.2) is 54.6 Å². The molecule has 1 fully saturated rings.